The summed E-state index contributed by atoms with van der Waals surface area (Å²) in [6.45, 7) is 0. The lowest BCUT2D eigenvalue weighted by atomic mass is 10.0. The lowest BCUT2D eigenvalue weighted by Gasteiger charge is -2.24. The molecule has 0 atom stereocenters. The number of anilines is 3. The van der Waals surface area contributed by atoms with Gasteiger partial charge in [-0.25, -0.2) is 0 Å². The summed E-state index contributed by atoms with van der Waals surface area (Å²) >= 11 is 5.65. The monoisotopic (exact) mass is 871 g/mol. The van der Waals surface area contributed by atoms with E-state index in [0.717, 1.165) is 17.1 Å². The molecule has 0 aliphatic rings. The minimum Gasteiger partial charge on any atom is -0.306 e. The van der Waals surface area contributed by atoms with Crippen molar-refractivity contribution in [2.24, 2.45) is 0 Å². The van der Waals surface area contributed by atoms with Crippen LogP contribution in [0.1, 0.15) is 0 Å². The lowest BCUT2D eigenvalue weighted by Crippen LogP contribution is -2.08. The lowest BCUT2D eigenvalue weighted by molar-refractivity contribution is 1.15. The van der Waals surface area contributed by atoms with Gasteiger partial charge in [0.1, 0.15) is 5.00 Å². The third-order valence-electron chi connectivity index (χ3n) is 12.5. The molecular formula is C58H37N3S3. The molecule has 0 fully saturated rings. The summed E-state index contributed by atoms with van der Waals surface area (Å²) in [5, 5.41) is 5.90. The van der Waals surface area contributed by atoms with Crippen molar-refractivity contribution in [3.8, 4) is 44.8 Å². The molecule has 0 aliphatic carbocycles. The number of benzene rings is 8. The Hall–Kier alpha value is -7.48. The molecule has 5 heterocycles. The van der Waals surface area contributed by atoms with Gasteiger partial charge in [0.2, 0.25) is 0 Å². The number of rotatable bonds is 8. The zero-order valence-corrected chi connectivity index (χ0v) is 36.9. The SMILES string of the molecule is c1ccc(-c2ccc(N(c3ccc(-c4ccccc4)cc3)c3cc4c(s3)c3sc5c6sccc6n(-c6ccccc6)c5c3n4-c3ccc(-c4ccc5ccccc5c4)cc3)cc2)cc1. The number of para-hydroxylation sites is 1. The van der Waals surface area contributed by atoms with E-state index < -0.39 is 0 Å². The highest BCUT2D eigenvalue weighted by Gasteiger charge is 2.28. The van der Waals surface area contributed by atoms with E-state index in [1.807, 2.05) is 34.0 Å². The fraction of sp³-hybridized carbons (Fsp3) is 0. The molecule has 302 valence electrons. The van der Waals surface area contributed by atoms with Gasteiger partial charge in [0.25, 0.3) is 0 Å². The highest BCUT2D eigenvalue weighted by molar-refractivity contribution is 7.34. The van der Waals surface area contributed by atoms with Crippen LogP contribution in [-0.2, 0) is 0 Å². The van der Waals surface area contributed by atoms with E-state index >= 15 is 0 Å². The van der Waals surface area contributed by atoms with Gasteiger partial charge in [-0.2, -0.15) is 0 Å². The first-order valence-corrected chi connectivity index (χ1v) is 24.0. The second-order valence-electron chi connectivity index (χ2n) is 16.2. The van der Waals surface area contributed by atoms with Gasteiger partial charge in [0, 0.05) is 22.7 Å². The van der Waals surface area contributed by atoms with Gasteiger partial charge in [-0.15, -0.1) is 34.0 Å². The molecule has 0 aliphatic heterocycles. The Morgan fingerprint density at radius 2 is 0.812 bits per heavy atom. The van der Waals surface area contributed by atoms with Gasteiger partial charge in [0.05, 0.1) is 40.9 Å². The van der Waals surface area contributed by atoms with Gasteiger partial charge in [-0.05, 0) is 116 Å². The van der Waals surface area contributed by atoms with Crippen LogP contribution in [0.4, 0.5) is 16.4 Å². The second kappa shape index (κ2) is 15.1. The first kappa shape index (κ1) is 37.1. The number of aromatic nitrogens is 2. The maximum atomic E-state index is 2.53. The average Bonchev–Trinajstić information content (AvgIpc) is 4.19. The van der Waals surface area contributed by atoms with E-state index in [9.17, 15) is 0 Å². The Kier molecular flexibility index (Phi) is 8.76. The molecule has 8 aromatic carbocycles. The standard InChI is InChI=1S/C58H37N3S3/c1-4-12-38(13-5-1)41-22-28-47(29-23-41)59(48-30-24-42(25-31-48)39-14-6-2-7-15-39)52-37-51-56(63-52)58-54(53-57(64-58)55-50(34-35-62-55)60(53)46-18-8-3-9-19-46)61(51)49-32-26-43(27-33-49)45-21-20-40-16-10-11-17-44(40)36-45/h1-37H. The molecular weight excluding hydrogens is 835 g/mol. The molecule has 13 aromatic rings. The molecule has 0 spiro atoms. The van der Waals surface area contributed by atoms with Gasteiger partial charge in [0.15, 0.2) is 0 Å². The zero-order chi connectivity index (χ0) is 42.1. The number of fused-ring (bicyclic) bond motifs is 8. The van der Waals surface area contributed by atoms with Crippen molar-refractivity contribution in [3.63, 3.8) is 0 Å². The molecule has 0 amide bonds. The zero-order valence-electron chi connectivity index (χ0n) is 34.4. The molecule has 0 N–H and O–H groups in total. The van der Waals surface area contributed by atoms with Crippen LogP contribution in [0.2, 0.25) is 0 Å². The van der Waals surface area contributed by atoms with Crippen molar-refractivity contribution in [2.75, 3.05) is 4.90 Å². The number of hydrogen-bond donors (Lipinski definition) is 0. The highest BCUT2D eigenvalue weighted by atomic mass is 32.1. The fourth-order valence-electron chi connectivity index (χ4n) is 9.39. The maximum Gasteiger partial charge on any atom is 0.103 e. The molecule has 0 saturated carbocycles. The average molecular weight is 872 g/mol. The van der Waals surface area contributed by atoms with E-state index in [2.05, 4.69) is 238 Å². The van der Waals surface area contributed by atoms with Crippen LogP contribution in [0, 0.1) is 0 Å². The van der Waals surface area contributed by atoms with Gasteiger partial charge in [-0.3, -0.25) is 0 Å². The van der Waals surface area contributed by atoms with Crippen LogP contribution in [0.5, 0.6) is 0 Å². The largest absolute Gasteiger partial charge is 0.306 e. The minimum absolute atomic E-state index is 1.12. The third-order valence-corrected chi connectivity index (χ3v) is 16.0. The normalized spacial score (nSPS) is 11.8. The third kappa shape index (κ3) is 6.06. The first-order valence-electron chi connectivity index (χ1n) is 21.5. The summed E-state index contributed by atoms with van der Waals surface area (Å²) in [7, 11) is 0. The molecule has 13 rings (SSSR count). The van der Waals surface area contributed by atoms with Crippen LogP contribution in [0.25, 0.3) is 96.4 Å². The maximum absolute atomic E-state index is 2.53. The van der Waals surface area contributed by atoms with E-state index in [1.54, 1.807) is 0 Å². The van der Waals surface area contributed by atoms with Crippen molar-refractivity contribution < 1.29 is 0 Å². The molecule has 64 heavy (non-hydrogen) atoms. The Morgan fingerprint density at radius 3 is 1.45 bits per heavy atom. The topological polar surface area (TPSA) is 13.1 Å². The highest BCUT2D eigenvalue weighted by Crippen LogP contribution is 2.53. The quantitative estimate of drug-likeness (QED) is 0.148. The Balaban J connectivity index is 1.03. The minimum atomic E-state index is 1.12. The second-order valence-corrected chi connectivity index (χ2v) is 19.1. The molecule has 0 bridgehead atoms. The smallest absolute Gasteiger partial charge is 0.103 e. The van der Waals surface area contributed by atoms with Crippen LogP contribution < -0.4 is 4.90 Å². The Labute approximate surface area is 382 Å². The molecule has 0 unspecified atom stereocenters. The summed E-state index contributed by atoms with van der Waals surface area (Å²) in [6.07, 6.45) is 0. The van der Waals surface area contributed by atoms with Crippen LogP contribution >= 0.6 is 34.0 Å². The van der Waals surface area contributed by atoms with Crippen molar-refractivity contribution in [3.05, 3.63) is 224 Å². The van der Waals surface area contributed by atoms with E-state index in [4.69, 9.17) is 0 Å². The van der Waals surface area contributed by atoms with Gasteiger partial charge < -0.3 is 14.0 Å². The molecule has 0 saturated heterocycles. The summed E-state index contributed by atoms with van der Waals surface area (Å²) < 4.78 is 10.3. The van der Waals surface area contributed by atoms with Crippen molar-refractivity contribution in [1.82, 2.24) is 9.13 Å². The van der Waals surface area contributed by atoms with Crippen molar-refractivity contribution in [2.45, 2.75) is 0 Å². The van der Waals surface area contributed by atoms with Crippen LogP contribution in [0.15, 0.2) is 224 Å². The van der Waals surface area contributed by atoms with E-state index in [1.165, 1.54) is 95.7 Å². The number of hydrogen-bond acceptors (Lipinski definition) is 4. The fourth-order valence-corrected chi connectivity index (χ4v) is 13.0. The Morgan fingerprint density at radius 1 is 0.328 bits per heavy atom. The summed E-state index contributed by atoms with van der Waals surface area (Å²) in [4.78, 5) is 2.43. The predicted octanol–water partition coefficient (Wildman–Crippen LogP) is 17.7. The first-order chi connectivity index (χ1) is 31.7. The van der Waals surface area contributed by atoms with Crippen molar-refractivity contribution in [1.29, 1.82) is 0 Å². The molecule has 5 aromatic heterocycles. The summed E-state index contributed by atoms with van der Waals surface area (Å²) in [6, 6.07) is 79.5. The van der Waals surface area contributed by atoms with Crippen LogP contribution in [-0.4, -0.2) is 9.13 Å². The molecule has 0 radical (unpaired) electrons. The van der Waals surface area contributed by atoms with Crippen molar-refractivity contribution >= 4 is 102 Å². The molecule has 6 heteroatoms. The van der Waals surface area contributed by atoms with E-state index in [0.29, 0.717) is 0 Å². The predicted molar refractivity (Wildman–Crippen MR) is 277 cm³/mol. The number of nitrogens with zero attached hydrogens (tertiary/aromatic N) is 3. The Bertz CT molecular complexity index is 3710. The summed E-state index contributed by atoms with van der Waals surface area (Å²) in [5.74, 6) is 0. The van der Waals surface area contributed by atoms with Gasteiger partial charge in [-0.1, -0.05) is 152 Å². The summed E-state index contributed by atoms with van der Waals surface area (Å²) in [5.41, 5.74) is 16.8. The molecule has 3 nitrogen and oxygen atoms in total. The van der Waals surface area contributed by atoms with E-state index in [-0.39, 0.29) is 0 Å². The number of thiophene rings is 3. The van der Waals surface area contributed by atoms with Gasteiger partial charge >= 0.3 is 0 Å². The van der Waals surface area contributed by atoms with Crippen LogP contribution in [0.3, 0.4) is 0 Å².